The Morgan fingerprint density at radius 3 is 1.41 bits per heavy atom. The Morgan fingerprint density at radius 2 is 1.07 bits per heavy atom. The van der Waals surface area contributed by atoms with Crippen LogP contribution in [0, 0.1) is 0 Å². The van der Waals surface area contributed by atoms with Crippen LogP contribution in [0.5, 0.6) is 11.5 Å². The third-order valence-corrected chi connectivity index (χ3v) is 3.68. The minimum absolute atomic E-state index is 0. The van der Waals surface area contributed by atoms with Crippen molar-refractivity contribution in [2.45, 2.75) is 0 Å². The third kappa shape index (κ3) is 6.34. The summed E-state index contributed by atoms with van der Waals surface area (Å²) in [6.07, 6.45) is 6.90. The standard InChI is InChI=1S/C19H18N6O2.2ClH/c1-5-16(6-2-14(1)24-18-20-9-10-21-18)26-13-27-17-7-3-15(4-8-17)25-19-22-11-12-23-19;;/h1-12H,13H2,(H2,20,21,24)(H2,22,23,25);2*1H. The average molecular weight is 435 g/mol. The predicted molar refractivity (Wildman–Crippen MR) is 117 cm³/mol. The molecule has 8 nitrogen and oxygen atoms in total. The Bertz CT molecular complexity index is 866. The fourth-order valence-corrected chi connectivity index (χ4v) is 2.38. The van der Waals surface area contributed by atoms with Gasteiger partial charge in [0.25, 0.3) is 0 Å². The highest BCUT2D eigenvalue weighted by molar-refractivity contribution is 5.85. The van der Waals surface area contributed by atoms with E-state index in [9.17, 15) is 0 Å². The first kappa shape index (κ1) is 21.9. The van der Waals surface area contributed by atoms with Crippen LogP contribution in [-0.2, 0) is 0 Å². The van der Waals surface area contributed by atoms with Crippen molar-refractivity contribution >= 4 is 48.1 Å². The molecule has 0 fully saturated rings. The van der Waals surface area contributed by atoms with Gasteiger partial charge in [0.2, 0.25) is 18.7 Å². The largest absolute Gasteiger partial charge is 0.458 e. The molecule has 0 bridgehead atoms. The number of rotatable bonds is 8. The van der Waals surface area contributed by atoms with Gasteiger partial charge < -0.3 is 30.1 Å². The molecule has 0 unspecified atom stereocenters. The van der Waals surface area contributed by atoms with Gasteiger partial charge in [0.05, 0.1) is 0 Å². The molecule has 2 heterocycles. The molecule has 152 valence electrons. The second-order valence-corrected chi connectivity index (χ2v) is 5.58. The molecule has 0 aliphatic carbocycles. The Kier molecular flexibility index (Phi) is 8.20. The zero-order valence-electron chi connectivity index (χ0n) is 15.2. The second kappa shape index (κ2) is 10.8. The van der Waals surface area contributed by atoms with Crippen LogP contribution in [0.1, 0.15) is 0 Å². The Balaban J connectivity index is 0.00000150. The summed E-state index contributed by atoms with van der Waals surface area (Å²) in [6, 6.07) is 15.1. The van der Waals surface area contributed by atoms with E-state index in [4.69, 9.17) is 9.47 Å². The van der Waals surface area contributed by atoms with E-state index in [-0.39, 0.29) is 31.6 Å². The third-order valence-electron chi connectivity index (χ3n) is 3.68. The lowest BCUT2D eigenvalue weighted by Gasteiger charge is -2.10. The molecule has 4 rings (SSSR count). The molecule has 0 radical (unpaired) electrons. The van der Waals surface area contributed by atoms with Gasteiger partial charge >= 0.3 is 0 Å². The summed E-state index contributed by atoms with van der Waals surface area (Å²) in [5.74, 6) is 2.82. The lowest BCUT2D eigenvalue weighted by molar-refractivity contribution is 0.120. The summed E-state index contributed by atoms with van der Waals surface area (Å²) < 4.78 is 11.2. The molecule has 0 aliphatic rings. The van der Waals surface area contributed by atoms with Crippen molar-refractivity contribution in [2.75, 3.05) is 17.4 Å². The van der Waals surface area contributed by atoms with Crippen LogP contribution >= 0.6 is 24.8 Å². The van der Waals surface area contributed by atoms with Gasteiger partial charge in [-0.15, -0.1) is 24.8 Å². The van der Waals surface area contributed by atoms with Gasteiger partial charge in [-0.25, -0.2) is 9.97 Å². The molecule has 0 spiro atoms. The van der Waals surface area contributed by atoms with Crippen LogP contribution in [-0.4, -0.2) is 26.7 Å². The Hall–Kier alpha value is -3.36. The monoisotopic (exact) mass is 434 g/mol. The normalized spacial score (nSPS) is 9.66. The highest BCUT2D eigenvalue weighted by atomic mass is 35.5. The minimum Gasteiger partial charge on any atom is -0.458 e. The first-order valence-corrected chi connectivity index (χ1v) is 8.34. The van der Waals surface area contributed by atoms with Crippen LogP contribution in [0.2, 0.25) is 0 Å². The molecule has 29 heavy (non-hydrogen) atoms. The number of nitrogens with one attached hydrogen (secondary N) is 4. The molecule has 0 atom stereocenters. The number of ether oxygens (including phenoxy) is 2. The number of halogens is 2. The van der Waals surface area contributed by atoms with Crippen molar-refractivity contribution in [3.05, 3.63) is 73.3 Å². The number of aromatic amines is 2. The molecule has 0 amide bonds. The Morgan fingerprint density at radius 1 is 0.655 bits per heavy atom. The van der Waals surface area contributed by atoms with E-state index in [0.717, 1.165) is 22.9 Å². The zero-order chi connectivity index (χ0) is 18.3. The summed E-state index contributed by atoms with van der Waals surface area (Å²) in [5, 5.41) is 6.30. The van der Waals surface area contributed by atoms with Gasteiger partial charge in [-0.3, -0.25) is 0 Å². The first-order chi connectivity index (χ1) is 13.3. The van der Waals surface area contributed by atoms with Crippen molar-refractivity contribution in [3.8, 4) is 11.5 Å². The van der Waals surface area contributed by atoms with E-state index < -0.39 is 0 Å². The fraction of sp³-hybridized carbons (Fsp3) is 0.0526. The highest BCUT2D eigenvalue weighted by Gasteiger charge is 2.00. The number of imidazole rings is 2. The predicted octanol–water partition coefficient (Wildman–Crippen LogP) is 4.88. The molecule has 0 saturated carbocycles. The van der Waals surface area contributed by atoms with Crippen LogP contribution in [0.4, 0.5) is 23.3 Å². The van der Waals surface area contributed by atoms with E-state index >= 15 is 0 Å². The summed E-state index contributed by atoms with van der Waals surface area (Å²) in [7, 11) is 0. The number of hydrogen-bond acceptors (Lipinski definition) is 6. The number of hydrogen-bond donors (Lipinski definition) is 4. The molecule has 0 saturated heterocycles. The lowest BCUT2D eigenvalue weighted by Crippen LogP contribution is -2.05. The van der Waals surface area contributed by atoms with E-state index in [0.29, 0.717) is 11.9 Å². The molecule has 2 aromatic heterocycles. The average Bonchev–Trinajstić information content (AvgIpc) is 3.39. The summed E-state index contributed by atoms with van der Waals surface area (Å²) in [6.45, 7) is 0.121. The Labute approximate surface area is 179 Å². The van der Waals surface area contributed by atoms with E-state index in [2.05, 4.69) is 30.6 Å². The molecular weight excluding hydrogens is 415 g/mol. The SMILES string of the molecule is Cl.Cl.c1c[nH]c(Nc2ccc(OCOc3ccc(Nc4ncc[nH]4)cc3)cc2)n1. The van der Waals surface area contributed by atoms with Gasteiger partial charge in [-0.2, -0.15) is 0 Å². The van der Waals surface area contributed by atoms with Gasteiger partial charge in [-0.1, -0.05) is 0 Å². The molecule has 4 N–H and O–H groups in total. The van der Waals surface area contributed by atoms with Gasteiger partial charge in [0.1, 0.15) is 11.5 Å². The maximum Gasteiger partial charge on any atom is 0.230 e. The molecule has 10 heteroatoms. The molecular formula is C19H20Cl2N6O2. The quantitative estimate of drug-likeness (QED) is 0.295. The van der Waals surface area contributed by atoms with E-state index in [1.54, 1.807) is 24.8 Å². The van der Waals surface area contributed by atoms with Crippen molar-refractivity contribution in [1.82, 2.24) is 19.9 Å². The maximum atomic E-state index is 5.61. The highest BCUT2D eigenvalue weighted by Crippen LogP contribution is 2.20. The van der Waals surface area contributed by atoms with Crippen LogP contribution < -0.4 is 20.1 Å². The van der Waals surface area contributed by atoms with Crippen molar-refractivity contribution in [2.24, 2.45) is 0 Å². The summed E-state index contributed by atoms with van der Waals surface area (Å²) in [4.78, 5) is 14.2. The summed E-state index contributed by atoms with van der Waals surface area (Å²) in [5.41, 5.74) is 1.83. The van der Waals surface area contributed by atoms with E-state index in [1.807, 2.05) is 48.5 Å². The van der Waals surface area contributed by atoms with Crippen molar-refractivity contribution in [3.63, 3.8) is 0 Å². The van der Waals surface area contributed by atoms with E-state index in [1.165, 1.54) is 0 Å². The number of aromatic nitrogens is 4. The number of nitrogens with zero attached hydrogens (tertiary/aromatic N) is 2. The van der Waals surface area contributed by atoms with Gasteiger partial charge in [0.15, 0.2) is 0 Å². The second-order valence-electron chi connectivity index (χ2n) is 5.58. The van der Waals surface area contributed by atoms with Gasteiger partial charge in [0, 0.05) is 36.2 Å². The topological polar surface area (TPSA) is 99.9 Å². The fourth-order valence-electron chi connectivity index (χ4n) is 2.38. The summed E-state index contributed by atoms with van der Waals surface area (Å²) >= 11 is 0. The first-order valence-electron chi connectivity index (χ1n) is 8.34. The number of benzene rings is 2. The lowest BCUT2D eigenvalue weighted by atomic mass is 10.3. The van der Waals surface area contributed by atoms with Crippen LogP contribution in [0.25, 0.3) is 0 Å². The minimum atomic E-state index is 0. The van der Waals surface area contributed by atoms with Gasteiger partial charge in [-0.05, 0) is 48.5 Å². The number of H-pyrrole nitrogens is 2. The van der Waals surface area contributed by atoms with Crippen molar-refractivity contribution < 1.29 is 9.47 Å². The van der Waals surface area contributed by atoms with Crippen molar-refractivity contribution in [1.29, 1.82) is 0 Å². The maximum absolute atomic E-state index is 5.61. The molecule has 4 aromatic rings. The molecule has 2 aromatic carbocycles. The van der Waals surface area contributed by atoms with Crippen LogP contribution in [0.15, 0.2) is 73.3 Å². The smallest absolute Gasteiger partial charge is 0.230 e. The van der Waals surface area contributed by atoms with Crippen LogP contribution in [0.3, 0.4) is 0 Å². The number of anilines is 4. The zero-order valence-corrected chi connectivity index (χ0v) is 16.8. The molecule has 0 aliphatic heterocycles.